The van der Waals surface area contributed by atoms with E-state index in [1.54, 1.807) is 5.56 Å². The molecule has 0 N–H and O–H groups in total. The number of fused-ring (bicyclic) bond motifs is 1. The van der Waals surface area contributed by atoms with Crippen molar-refractivity contribution in [2.45, 2.75) is 121 Å². The molecule has 1 aromatic heterocycles. The van der Waals surface area contributed by atoms with Crippen LogP contribution < -0.4 is 0 Å². The van der Waals surface area contributed by atoms with E-state index in [2.05, 4.69) is 18.2 Å². The van der Waals surface area contributed by atoms with Gasteiger partial charge in [-0.3, -0.25) is 0 Å². The fourth-order valence-corrected chi connectivity index (χ4v) is 6.53. The largest absolute Gasteiger partial charge is 0.241 e. The number of thiazole rings is 1. The third-order valence-corrected chi connectivity index (χ3v) is 8.41. The second-order valence-electron chi connectivity index (χ2n) is 9.42. The number of aromatic nitrogens is 1. The topological polar surface area (TPSA) is 12.9 Å². The van der Waals surface area contributed by atoms with E-state index >= 15 is 0 Å². The van der Waals surface area contributed by atoms with Gasteiger partial charge in [0.15, 0.2) is 0 Å². The van der Waals surface area contributed by atoms with Gasteiger partial charge in [0.25, 0.3) is 0 Å². The highest BCUT2D eigenvalue weighted by molar-refractivity contribution is 7.18. The first-order valence-corrected chi connectivity index (χ1v) is 13.1. The summed E-state index contributed by atoms with van der Waals surface area (Å²) in [6.07, 6.45) is 24.0. The number of rotatable bonds is 2. The lowest BCUT2D eigenvalue weighted by atomic mass is 9.88. The van der Waals surface area contributed by atoms with Crippen molar-refractivity contribution in [2.24, 2.45) is 0 Å². The van der Waals surface area contributed by atoms with Gasteiger partial charge in [0, 0.05) is 5.92 Å². The van der Waals surface area contributed by atoms with Crippen molar-refractivity contribution >= 4 is 21.6 Å². The molecule has 0 saturated heterocycles. The van der Waals surface area contributed by atoms with E-state index < -0.39 is 0 Å². The van der Waals surface area contributed by atoms with Crippen LogP contribution in [0.15, 0.2) is 18.2 Å². The van der Waals surface area contributed by atoms with Crippen LogP contribution in [0.5, 0.6) is 0 Å². The van der Waals surface area contributed by atoms with Gasteiger partial charge in [0.05, 0.1) is 15.2 Å². The van der Waals surface area contributed by atoms with E-state index in [0.29, 0.717) is 0 Å². The molecule has 2 saturated carbocycles. The van der Waals surface area contributed by atoms with Crippen molar-refractivity contribution in [1.82, 2.24) is 4.98 Å². The van der Waals surface area contributed by atoms with Crippen molar-refractivity contribution in [1.29, 1.82) is 0 Å². The molecule has 4 rings (SSSR count). The van der Waals surface area contributed by atoms with Crippen molar-refractivity contribution in [2.75, 3.05) is 0 Å². The maximum absolute atomic E-state index is 5.17. The molecule has 2 aliphatic rings. The zero-order valence-corrected chi connectivity index (χ0v) is 18.6. The average molecular weight is 398 g/mol. The Kier molecular flexibility index (Phi) is 7.84. The van der Waals surface area contributed by atoms with Crippen LogP contribution in [0, 0.1) is 0 Å². The Labute approximate surface area is 176 Å². The summed E-state index contributed by atoms with van der Waals surface area (Å²) >= 11 is 1.98. The summed E-state index contributed by atoms with van der Waals surface area (Å²) in [6, 6.07) is 7.29. The number of hydrogen-bond donors (Lipinski definition) is 0. The van der Waals surface area contributed by atoms with Gasteiger partial charge in [0.1, 0.15) is 0 Å². The standard InChI is InChI=1S/C26H39NS/c1-2-4-7-11-15-21(14-10-6-3-1)23-18-19-25-24(20-23)27-26(28-25)22-16-12-8-5-9-13-17-22/h18-22H,1-17H2. The van der Waals surface area contributed by atoms with Crippen LogP contribution in [0.2, 0.25) is 0 Å². The molecule has 1 nitrogen and oxygen atoms in total. The second kappa shape index (κ2) is 10.8. The molecule has 1 heterocycles. The monoisotopic (exact) mass is 397 g/mol. The lowest BCUT2D eigenvalue weighted by Gasteiger charge is -2.17. The van der Waals surface area contributed by atoms with E-state index in [1.807, 2.05) is 11.3 Å². The molecule has 0 radical (unpaired) electrons. The maximum Gasteiger partial charge on any atom is 0.0969 e. The molecule has 2 fully saturated rings. The van der Waals surface area contributed by atoms with Crippen molar-refractivity contribution in [3.8, 4) is 0 Å². The summed E-state index contributed by atoms with van der Waals surface area (Å²) in [5.74, 6) is 1.48. The molecule has 0 spiro atoms. The van der Waals surface area contributed by atoms with Gasteiger partial charge in [-0.1, -0.05) is 89.5 Å². The summed E-state index contributed by atoms with van der Waals surface area (Å²) in [4.78, 5) is 5.17. The lowest BCUT2D eigenvalue weighted by Crippen LogP contribution is -2.01. The Hall–Kier alpha value is -0.890. The number of nitrogens with zero attached hydrogens (tertiary/aromatic N) is 1. The van der Waals surface area contributed by atoms with Crippen LogP contribution in [0.3, 0.4) is 0 Å². The third kappa shape index (κ3) is 5.59. The molecular weight excluding hydrogens is 358 g/mol. The molecule has 2 aromatic rings. The Morgan fingerprint density at radius 2 is 1.11 bits per heavy atom. The van der Waals surface area contributed by atoms with Gasteiger partial charge in [-0.25, -0.2) is 4.98 Å². The van der Waals surface area contributed by atoms with E-state index in [4.69, 9.17) is 4.98 Å². The summed E-state index contributed by atoms with van der Waals surface area (Å²) in [5, 5.41) is 1.43. The first-order valence-electron chi connectivity index (χ1n) is 12.3. The predicted octanol–water partition coefficient (Wildman–Crippen LogP) is 9.12. The summed E-state index contributed by atoms with van der Waals surface area (Å²) in [5.41, 5.74) is 2.86. The van der Waals surface area contributed by atoms with Gasteiger partial charge in [-0.2, -0.15) is 0 Å². The molecule has 0 unspecified atom stereocenters. The maximum atomic E-state index is 5.17. The fraction of sp³-hybridized carbons (Fsp3) is 0.731. The zero-order valence-electron chi connectivity index (χ0n) is 17.8. The molecule has 1 aromatic carbocycles. The van der Waals surface area contributed by atoms with E-state index in [-0.39, 0.29) is 0 Å². The SMILES string of the molecule is c1cc2sc(C3CCCCCCC3)nc2cc1C1CCCCCCCCCC1. The molecule has 2 heteroatoms. The minimum absolute atomic E-state index is 0.721. The van der Waals surface area contributed by atoms with Crippen LogP contribution in [0.4, 0.5) is 0 Å². The summed E-state index contributed by atoms with van der Waals surface area (Å²) in [6.45, 7) is 0. The van der Waals surface area contributed by atoms with Crippen molar-refractivity contribution in [3.05, 3.63) is 28.8 Å². The highest BCUT2D eigenvalue weighted by atomic mass is 32.1. The Morgan fingerprint density at radius 3 is 1.68 bits per heavy atom. The van der Waals surface area contributed by atoms with Crippen LogP contribution in [0.1, 0.15) is 132 Å². The lowest BCUT2D eigenvalue weighted by molar-refractivity contribution is 0.455. The average Bonchev–Trinajstić information content (AvgIpc) is 3.07. The fourth-order valence-electron chi connectivity index (χ4n) is 5.41. The highest BCUT2D eigenvalue weighted by Gasteiger charge is 2.19. The molecule has 2 aliphatic carbocycles. The smallest absolute Gasteiger partial charge is 0.0969 e. The van der Waals surface area contributed by atoms with Gasteiger partial charge in [-0.15, -0.1) is 11.3 Å². The van der Waals surface area contributed by atoms with Gasteiger partial charge in [0.2, 0.25) is 0 Å². The molecular formula is C26H39NS. The van der Waals surface area contributed by atoms with Gasteiger partial charge >= 0.3 is 0 Å². The molecule has 0 aliphatic heterocycles. The van der Waals surface area contributed by atoms with Crippen LogP contribution in [-0.2, 0) is 0 Å². The molecule has 0 bridgehead atoms. The van der Waals surface area contributed by atoms with Crippen LogP contribution >= 0.6 is 11.3 Å². The minimum Gasteiger partial charge on any atom is -0.241 e. The Morgan fingerprint density at radius 1 is 0.607 bits per heavy atom. The molecule has 0 atom stereocenters. The third-order valence-electron chi connectivity index (χ3n) is 7.21. The molecule has 0 amide bonds. The van der Waals surface area contributed by atoms with Crippen molar-refractivity contribution in [3.63, 3.8) is 0 Å². The Balaban J connectivity index is 1.49. The van der Waals surface area contributed by atoms with E-state index in [0.717, 1.165) is 11.8 Å². The quantitative estimate of drug-likeness (QED) is 0.492. The Bertz CT molecular complexity index is 698. The van der Waals surface area contributed by atoms with Crippen LogP contribution in [0.25, 0.3) is 10.2 Å². The predicted molar refractivity (Wildman–Crippen MR) is 124 cm³/mol. The summed E-state index contributed by atoms with van der Waals surface area (Å²) in [7, 11) is 0. The minimum atomic E-state index is 0.721. The van der Waals surface area contributed by atoms with Gasteiger partial charge in [-0.05, 0) is 49.3 Å². The first kappa shape index (κ1) is 20.4. The van der Waals surface area contributed by atoms with E-state index in [1.165, 1.54) is 124 Å². The number of hydrogen-bond acceptors (Lipinski definition) is 2. The summed E-state index contributed by atoms with van der Waals surface area (Å²) < 4.78 is 1.41. The van der Waals surface area contributed by atoms with Crippen LogP contribution in [-0.4, -0.2) is 4.98 Å². The van der Waals surface area contributed by atoms with E-state index in [9.17, 15) is 0 Å². The van der Waals surface area contributed by atoms with Gasteiger partial charge < -0.3 is 0 Å². The molecule has 28 heavy (non-hydrogen) atoms. The zero-order chi connectivity index (χ0) is 19.0. The normalized spacial score (nSPS) is 22.4. The first-order chi connectivity index (χ1) is 13.9. The second-order valence-corrected chi connectivity index (χ2v) is 10.5. The van der Waals surface area contributed by atoms with Crippen molar-refractivity contribution < 1.29 is 0 Å². The number of benzene rings is 1. The molecule has 154 valence electrons. The highest BCUT2D eigenvalue weighted by Crippen LogP contribution is 2.37.